The third-order valence-corrected chi connectivity index (χ3v) is 1.59. The van der Waals surface area contributed by atoms with Crippen molar-refractivity contribution in [3.63, 3.8) is 0 Å². The summed E-state index contributed by atoms with van der Waals surface area (Å²) < 4.78 is 12.9. The van der Waals surface area contributed by atoms with E-state index < -0.39 is 5.82 Å². The summed E-state index contributed by atoms with van der Waals surface area (Å²) in [5.74, 6) is -0.496. The average Bonchev–Trinajstić information content (AvgIpc) is 1.96. The molecule has 0 aliphatic heterocycles. The number of halogens is 2. The van der Waals surface area contributed by atoms with E-state index in [0.29, 0.717) is 16.9 Å². The van der Waals surface area contributed by atoms with Crippen LogP contribution in [-0.4, -0.2) is 6.29 Å². The van der Waals surface area contributed by atoms with Crippen LogP contribution in [0.25, 0.3) is 0 Å². The van der Waals surface area contributed by atoms with E-state index in [9.17, 15) is 9.18 Å². The quantitative estimate of drug-likeness (QED) is 0.595. The zero-order chi connectivity index (χ0) is 8.43. The zero-order valence-electron chi connectivity index (χ0n) is 5.90. The van der Waals surface area contributed by atoms with Crippen LogP contribution in [0.3, 0.4) is 0 Å². The fourth-order valence-corrected chi connectivity index (χ4v) is 1.12. The van der Waals surface area contributed by atoms with Gasteiger partial charge in [-0.15, -0.1) is 0 Å². The zero-order valence-corrected chi connectivity index (χ0v) is 6.65. The van der Waals surface area contributed by atoms with Crippen LogP contribution in [0, 0.1) is 12.7 Å². The van der Waals surface area contributed by atoms with Gasteiger partial charge in [0.1, 0.15) is 5.82 Å². The topological polar surface area (TPSA) is 17.1 Å². The van der Waals surface area contributed by atoms with Crippen LogP contribution in [0.1, 0.15) is 15.9 Å². The Hall–Kier alpha value is -0.890. The van der Waals surface area contributed by atoms with Gasteiger partial charge in [-0.1, -0.05) is 11.6 Å². The summed E-state index contributed by atoms with van der Waals surface area (Å²) in [5, 5.41) is 0.381. The molecule has 3 heteroatoms. The predicted octanol–water partition coefficient (Wildman–Crippen LogP) is 2.60. The molecule has 0 aliphatic carbocycles. The highest BCUT2D eigenvalue weighted by Gasteiger charge is 2.04. The summed E-state index contributed by atoms with van der Waals surface area (Å²) in [6.45, 7) is 1.56. The van der Waals surface area contributed by atoms with Gasteiger partial charge in [-0.2, -0.15) is 0 Å². The van der Waals surface area contributed by atoms with E-state index >= 15 is 0 Å². The molecule has 1 aromatic carbocycles. The molecule has 0 bridgehead atoms. The van der Waals surface area contributed by atoms with Gasteiger partial charge in [0, 0.05) is 5.02 Å². The second-order valence-corrected chi connectivity index (χ2v) is 2.68. The van der Waals surface area contributed by atoms with Crippen LogP contribution in [-0.2, 0) is 0 Å². The lowest BCUT2D eigenvalue weighted by molar-refractivity contribution is 0.111. The van der Waals surface area contributed by atoms with E-state index in [2.05, 4.69) is 0 Å². The van der Waals surface area contributed by atoms with Gasteiger partial charge in [-0.3, -0.25) is 4.79 Å². The summed E-state index contributed by atoms with van der Waals surface area (Å²) in [4.78, 5) is 10.2. The molecule has 0 heterocycles. The Bertz CT molecular complexity index is 296. The molecule has 0 saturated heterocycles. The Morgan fingerprint density at radius 3 is 2.73 bits per heavy atom. The molecule has 0 N–H and O–H groups in total. The van der Waals surface area contributed by atoms with Crippen molar-refractivity contribution in [2.45, 2.75) is 6.92 Å². The number of benzene rings is 1. The monoisotopic (exact) mass is 172 g/mol. The lowest BCUT2D eigenvalue weighted by Crippen LogP contribution is -1.90. The van der Waals surface area contributed by atoms with Crippen molar-refractivity contribution < 1.29 is 9.18 Å². The molecule has 58 valence electrons. The van der Waals surface area contributed by atoms with Crippen molar-refractivity contribution in [2.75, 3.05) is 0 Å². The molecule has 0 spiro atoms. The predicted molar refractivity (Wildman–Crippen MR) is 41.5 cm³/mol. The van der Waals surface area contributed by atoms with Gasteiger partial charge in [0.05, 0.1) is 5.56 Å². The van der Waals surface area contributed by atoms with Gasteiger partial charge in [-0.05, 0) is 24.6 Å². The molecule has 0 aliphatic rings. The molecular weight excluding hydrogens is 167 g/mol. The Balaban J connectivity index is 3.35. The number of carbonyl (C=O) groups excluding carboxylic acids is 1. The van der Waals surface area contributed by atoms with Gasteiger partial charge in [0.2, 0.25) is 0 Å². The maximum absolute atomic E-state index is 12.9. The minimum absolute atomic E-state index is 0.00926. The molecule has 0 atom stereocenters. The third-order valence-electron chi connectivity index (χ3n) is 1.37. The molecular formula is C8H6ClFO. The van der Waals surface area contributed by atoms with E-state index in [1.165, 1.54) is 12.1 Å². The van der Waals surface area contributed by atoms with E-state index in [1.807, 2.05) is 0 Å². The second kappa shape index (κ2) is 3.01. The summed E-state index contributed by atoms with van der Waals surface area (Å²) in [6.07, 6.45) is 0.453. The highest BCUT2D eigenvalue weighted by Crippen LogP contribution is 2.17. The maximum atomic E-state index is 12.9. The van der Waals surface area contributed by atoms with Crippen LogP contribution in [0.5, 0.6) is 0 Å². The number of hydrogen-bond donors (Lipinski definition) is 0. The molecule has 0 amide bonds. The van der Waals surface area contributed by atoms with Crippen LogP contribution in [0.15, 0.2) is 12.1 Å². The van der Waals surface area contributed by atoms with E-state index in [4.69, 9.17) is 11.6 Å². The first-order valence-corrected chi connectivity index (χ1v) is 3.44. The molecule has 0 unspecified atom stereocenters. The van der Waals surface area contributed by atoms with Gasteiger partial charge >= 0.3 is 0 Å². The Morgan fingerprint density at radius 2 is 2.18 bits per heavy atom. The van der Waals surface area contributed by atoms with Crippen LogP contribution in [0.4, 0.5) is 4.39 Å². The van der Waals surface area contributed by atoms with E-state index in [0.717, 1.165) is 0 Å². The van der Waals surface area contributed by atoms with Crippen molar-refractivity contribution >= 4 is 17.9 Å². The normalized spacial score (nSPS) is 9.73. The van der Waals surface area contributed by atoms with Crippen molar-refractivity contribution in [1.82, 2.24) is 0 Å². The Labute approximate surface area is 68.8 Å². The molecule has 1 rings (SSSR count). The molecule has 11 heavy (non-hydrogen) atoms. The number of aryl methyl sites for hydroxylation is 1. The molecule has 1 aromatic rings. The lowest BCUT2D eigenvalue weighted by Gasteiger charge is -1.99. The lowest BCUT2D eigenvalue weighted by atomic mass is 10.1. The Kier molecular flexibility index (Phi) is 2.25. The number of aldehydes is 1. The number of hydrogen-bond acceptors (Lipinski definition) is 1. The van der Waals surface area contributed by atoms with Gasteiger partial charge < -0.3 is 0 Å². The fourth-order valence-electron chi connectivity index (χ4n) is 0.837. The van der Waals surface area contributed by atoms with Gasteiger partial charge in [-0.25, -0.2) is 4.39 Å². The first kappa shape index (κ1) is 8.21. The van der Waals surface area contributed by atoms with Crippen molar-refractivity contribution in [2.24, 2.45) is 0 Å². The average molecular weight is 173 g/mol. The summed E-state index contributed by atoms with van der Waals surface area (Å²) in [5.41, 5.74) is 0.398. The standard InChI is InChI=1S/C8H6ClFO/c1-5-2-7(9)3-6(4-11)8(5)10/h2-4H,1H3. The molecule has 1 nitrogen and oxygen atoms in total. The molecule has 0 saturated carbocycles. The SMILES string of the molecule is Cc1cc(Cl)cc(C=O)c1F. The molecule has 0 fully saturated rings. The minimum Gasteiger partial charge on any atom is -0.298 e. The summed E-state index contributed by atoms with van der Waals surface area (Å²) >= 11 is 5.58. The third kappa shape index (κ3) is 1.57. The van der Waals surface area contributed by atoms with Crippen LogP contribution in [0.2, 0.25) is 5.02 Å². The highest BCUT2D eigenvalue weighted by molar-refractivity contribution is 6.30. The minimum atomic E-state index is -0.496. The highest BCUT2D eigenvalue weighted by atomic mass is 35.5. The molecule has 0 aromatic heterocycles. The van der Waals surface area contributed by atoms with Crippen LogP contribution >= 0.6 is 11.6 Å². The van der Waals surface area contributed by atoms with Crippen LogP contribution < -0.4 is 0 Å². The second-order valence-electron chi connectivity index (χ2n) is 2.24. The summed E-state index contributed by atoms with van der Waals surface area (Å²) in [7, 11) is 0. The number of rotatable bonds is 1. The largest absolute Gasteiger partial charge is 0.298 e. The van der Waals surface area contributed by atoms with Crippen molar-refractivity contribution in [3.05, 3.63) is 34.1 Å². The maximum Gasteiger partial charge on any atom is 0.153 e. The van der Waals surface area contributed by atoms with Gasteiger partial charge in [0.15, 0.2) is 6.29 Å². The van der Waals surface area contributed by atoms with E-state index in [1.54, 1.807) is 6.92 Å². The van der Waals surface area contributed by atoms with E-state index in [-0.39, 0.29) is 5.56 Å². The number of carbonyl (C=O) groups is 1. The first-order valence-electron chi connectivity index (χ1n) is 3.06. The molecule has 0 radical (unpaired) electrons. The summed E-state index contributed by atoms with van der Waals surface area (Å²) in [6, 6.07) is 2.78. The fraction of sp³-hybridized carbons (Fsp3) is 0.125. The van der Waals surface area contributed by atoms with Crippen molar-refractivity contribution in [1.29, 1.82) is 0 Å². The first-order chi connectivity index (χ1) is 5.15. The smallest absolute Gasteiger partial charge is 0.153 e. The van der Waals surface area contributed by atoms with Crippen molar-refractivity contribution in [3.8, 4) is 0 Å². The van der Waals surface area contributed by atoms with Gasteiger partial charge in [0.25, 0.3) is 0 Å². The Morgan fingerprint density at radius 1 is 1.55 bits per heavy atom.